The van der Waals surface area contributed by atoms with Gasteiger partial charge in [-0.2, -0.15) is 0 Å². The number of carbonyl (C=O) groups excluding carboxylic acids is 1. The van der Waals surface area contributed by atoms with E-state index in [0.29, 0.717) is 5.69 Å². The Morgan fingerprint density at radius 2 is 1.88 bits per heavy atom. The highest BCUT2D eigenvalue weighted by Gasteiger charge is 2.17. The monoisotopic (exact) mass is 434 g/mol. The Morgan fingerprint density at radius 3 is 2.54 bits per heavy atom. The number of benzene rings is 2. The summed E-state index contributed by atoms with van der Waals surface area (Å²) in [6, 6.07) is 15.1. The summed E-state index contributed by atoms with van der Waals surface area (Å²) in [6.07, 6.45) is 0. The van der Waals surface area contributed by atoms with Crippen molar-refractivity contribution in [3.63, 3.8) is 0 Å². The molecule has 7 heteroatoms. The molecule has 0 fully saturated rings. The van der Waals surface area contributed by atoms with Crippen molar-refractivity contribution in [2.24, 2.45) is 10.2 Å². The maximum atomic E-state index is 12.1. The number of aryl methyl sites for hydroxylation is 1. The molecule has 0 amide bonds. The minimum absolute atomic E-state index is 0.176. The Morgan fingerprint density at radius 1 is 1.19 bits per heavy atom. The third-order valence-corrected chi connectivity index (χ3v) is 4.94. The highest BCUT2D eigenvalue weighted by atomic mass is 79.9. The Bertz CT molecular complexity index is 820. The lowest BCUT2D eigenvalue weighted by Gasteiger charge is -2.06. The Labute approximate surface area is 165 Å². The fraction of sp³-hybridized carbons (Fsp3) is 0.211. The average Bonchev–Trinajstić information content (AvgIpc) is 2.63. The maximum Gasteiger partial charge on any atom is 0.362 e. The van der Waals surface area contributed by atoms with E-state index < -0.39 is 5.97 Å². The van der Waals surface area contributed by atoms with Gasteiger partial charge in [0.2, 0.25) is 5.70 Å². The van der Waals surface area contributed by atoms with E-state index >= 15 is 0 Å². The normalized spacial score (nSPS) is 12.1. The number of hydrogen-bond acceptors (Lipinski definition) is 6. The van der Waals surface area contributed by atoms with E-state index in [1.807, 2.05) is 43.3 Å². The molecule has 2 aromatic rings. The van der Waals surface area contributed by atoms with Crippen molar-refractivity contribution in [3.05, 3.63) is 70.0 Å². The topological polar surface area (TPSA) is 71.2 Å². The van der Waals surface area contributed by atoms with Gasteiger partial charge in [-0.3, -0.25) is 0 Å². The molecular weight excluding hydrogens is 416 g/mol. The summed E-state index contributed by atoms with van der Waals surface area (Å²) >= 11 is 4.77. The van der Waals surface area contributed by atoms with Gasteiger partial charge in [0, 0.05) is 9.37 Å². The Hall–Kier alpha value is -2.12. The highest BCUT2D eigenvalue weighted by molar-refractivity contribution is 9.10. The van der Waals surface area contributed by atoms with Crippen LogP contribution in [-0.2, 0) is 9.53 Å². The lowest BCUT2D eigenvalue weighted by Crippen LogP contribution is -2.09. The number of carbonyl (C=O) groups is 1. The molecule has 0 radical (unpaired) electrons. The summed E-state index contributed by atoms with van der Waals surface area (Å²) in [7, 11) is 0. The van der Waals surface area contributed by atoms with E-state index in [4.69, 9.17) is 4.74 Å². The third kappa shape index (κ3) is 6.00. The molecule has 0 aliphatic rings. The van der Waals surface area contributed by atoms with Gasteiger partial charge >= 0.3 is 5.97 Å². The van der Waals surface area contributed by atoms with Gasteiger partial charge in [0.15, 0.2) is 0 Å². The van der Waals surface area contributed by atoms with Crippen LogP contribution in [0.3, 0.4) is 0 Å². The molecular formula is C19H19BrN2O3S. The first-order valence-electron chi connectivity index (χ1n) is 7.96. The second kappa shape index (κ2) is 10.1. The quantitative estimate of drug-likeness (QED) is 0.191. The van der Waals surface area contributed by atoms with Crippen molar-refractivity contribution in [1.29, 1.82) is 0 Å². The van der Waals surface area contributed by atoms with Gasteiger partial charge in [-0.15, -0.1) is 22.0 Å². The van der Waals surface area contributed by atoms with Gasteiger partial charge in [-0.05, 0) is 54.0 Å². The predicted molar refractivity (Wildman–Crippen MR) is 107 cm³/mol. The van der Waals surface area contributed by atoms with Crippen LogP contribution in [0.25, 0.3) is 0 Å². The van der Waals surface area contributed by atoms with Crippen molar-refractivity contribution in [2.45, 2.75) is 18.7 Å². The second-order valence-electron chi connectivity index (χ2n) is 5.27. The number of aliphatic hydroxyl groups excluding tert-OH is 1. The zero-order valence-corrected chi connectivity index (χ0v) is 16.9. The molecule has 2 rings (SSSR count). The fourth-order valence-electron chi connectivity index (χ4n) is 1.91. The van der Waals surface area contributed by atoms with Gasteiger partial charge in [0.25, 0.3) is 0 Å². The van der Waals surface area contributed by atoms with E-state index in [0.717, 1.165) is 14.9 Å². The number of esters is 1. The molecule has 0 aliphatic heterocycles. The van der Waals surface area contributed by atoms with Gasteiger partial charge < -0.3 is 9.84 Å². The largest absolute Gasteiger partial charge is 0.509 e. The summed E-state index contributed by atoms with van der Waals surface area (Å²) in [5.41, 5.74) is 1.51. The molecule has 0 saturated heterocycles. The number of halogens is 1. The average molecular weight is 435 g/mol. The third-order valence-electron chi connectivity index (χ3n) is 3.25. The van der Waals surface area contributed by atoms with E-state index in [2.05, 4.69) is 26.2 Å². The Kier molecular flexibility index (Phi) is 7.87. The van der Waals surface area contributed by atoms with E-state index in [1.165, 1.54) is 11.8 Å². The molecule has 26 heavy (non-hydrogen) atoms. The van der Waals surface area contributed by atoms with Gasteiger partial charge in [-0.1, -0.05) is 29.8 Å². The number of ether oxygens (including phenoxy) is 1. The number of aliphatic hydroxyl groups is 1. The molecule has 0 bridgehead atoms. The van der Waals surface area contributed by atoms with Crippen LogP contribution in [0.4, 0.5) is 5.69 Å². The number of rotatable bonds is 7. The molecule has 0 unspecified atom stereocenters. The maximum absolute atomic E-state index is 12.1. The van der Waals surface area contributed by atoms with Crippen LogP contribution in [-0.4, -0.2) is 23.4 Å². The summed E-state index contributed by atoms with van der Waals surface area (Å²) in [5, 5.41) is 18.3. The van der Waals surface area contributed by atoms with Crippen LogP contribution >= 0.6 is 27.7 Å². The zero-order valence-electron chi connectivity index (χ0n) is 14.5. The smallest absolute Gasteiger partial charge is 0.362 e. The molecule has 2 aromatic carbocycles. The summed E-state index contributed by atoms with van der Waals surface area (Å²) in [5.74, 6) is -0.693. The second-order valence-corrected chi connectivity index (χ2v) is 7.17. The van der Waals surface area contributed by atoms with Gasteiger partial charge in [0.05, 0.1) is 18.0 Å². The number of azo groups is 1. The molecule has 0 heterocycles. The molecule has 0 atom stereocenters. The standard InChI is InChI=1S/C19H19BrN2O3S/c1-3-25-19(24)18(22-21-16-7-5-4-6-15(16)20)17(23)12-26-14-10-8-13(2)9-11-14/h4-11,23H,3,12H2,1-2H3/b18-17-,22-21?. The minimum Gasteiger partial charge on any atom is -0.509 e. The van der Waals surface area contributed by atoms with Crippen molar-refractivity contribution < 1.29 is 14.6 Å². The SMILES string of the molecule is CCOC(=O)/C(N=Nc1ccccc1Br)=C(/O)CSc1ccc(C)cc1. The summed E-state index contributed by atoms with van der Waals surface area (Å²) in [4.78, 5) is 13.1. The number of thioether (sulfide) groups is 1. The summed E-state index contributed by atoms with van der Waals surface area (Å²) < 4.78 is 5.72. The molecule has 0 aromatic heterocycles. The zero-order chi connectivity index (χ0) is 18.9. The van der Waals surface area contributed by atoms with Crippen LogP contribution in [0.15, 0.2) is 79.6 Å². The molecule has 1 N–H and O–H groups in total. The Balaban J connectivity index is 2.21. The minimum atomic E-state index is -0.703. The van der Waals surface area contributed by atoms with Crippen LogP contribution in [0.5, 0.6) is 0 Å². The van der Waals surface area contributed by atoms with Gasteiger partial charge in [0.1, 0.15) is 5.76 Å². The molecule has 0 aliphatic carbocycles. The van der Waals surface area contributed by atoms with Crippen molar-refractivity contribution in [3.8, 4) is 0 Å². The lowest BCUT2D eigenvalue weighted by atomic mass is 10.2. The lowest BCUT2D eigenvalue weighted by molar-refractivity contribution is -0.138. The molecule has 136 valence electrons. The van der Waals surface area contributed by atoms with Crippen molar-refractivity contribution in [1.82, 2.24) is 0 Å². The van der Waals surface area contributed by atoms with Crippen LogP contribution in [0, 0.1) is 6.92 Å². The van der Waals surface area contributed by atoms with Crippen LogP contribution in [0.2, 0.25) is 0 Å². The first kappa shape index (κ1) is 20.2. The van der Waals surface area contributed by atoms with Crippen LogP contribution < -0.4 is 0 Å². The number of hydrogen-bond donors (Lipinski definition) is 1. The van der Waals surface area contributed by atoms with E-state index in [1.54, 1.807) is 19.1 Å². The molecule has 5 nitrogen and oxygen atoms in total. The van der Waals surface area contributed by atoms with E-state index in [-0.39, 0.29) is 23.8 Å². The van der Waals surface area contributed by atoms with Crippen LogP contribution in [0.1, 0.15) is 12.5 Å². The highest BCUT2D eigenvalue weighted by Crippen LogP contribution is 2.27. The van der Waals surface area contributed by atoms with E-state index in [9.17, 15) is 9.90 Å². The molecule has 0 saturated carbocycles. The fourth-order valence-corrected chi connectivity index (χ4v) is 3.04. The summed E-state index contributed by atoms with van der Waals surface area (Å²) in [6.45, 7) is 3.89. The van der Waals surface area contributed by atoms with Crippen molar-refractivity contribution in [2.75, 3.05) is 12.4 Å². The number of nitrogens with zero attached hydrogens (tertiary/aromatic N) is 2. The first-order chi connectivity index (χ1) is 12.5. The predicted octanol–water partition coefficient (Wildman–Crippen LogP) is 5.97. The molecule has 0 spiro atoms. The van der Waals surface area contributed by atoms with Crippen molar-refractivity contribution >= 4 is 39.3 Å². The first-order valence-corrected chi connectivity index (χ1v) is 9.74. The van der Waals surface area contributed by atoms with Gasteiger partial charge in [-0.25, -0.2) is 4.79 Å².